The SMILES string of the molecule is COc1ccc(C=C2C(=O)C(=Cc3ccc(OC)cc3)C3CCC2N3C)cc1. The fraction of sp³-hybridized carbons (Fsp3) is 0.292. The number of ketones is 1. The normalized spacial score (nSPS) is 24.8. The van der Waals surface area contributed by atoms with Gasteiger partial charge in [0.25, 0.3) is 0 Å². The van der Waals surface area contributed by atoms with E-state index in [-0.39, 0.29) is 17.9 Å². The number of likely N-dealkylation sites (N-methyl/N-ethyl adjacent to an activating group) is 1. The summed E-state index contributed by atoms with van der Waals surface area (Å²) in [4.78, 5) is 15.7. The lowest BCUT2D eigenvalue weighted by molar-refractivity contribution is -0.114. The van der Waals surface area contributed by atoms with E-state index in [4.69, 9.17) is 9.47 Å². The van der Waals surface area contributed by atoms with E-state index in [1.807, 2.05) is 60.7 Å². The summed E-state index contributed by atoms with van der Waals surface area (Å²) >= 11 is 0. The molecule has 2 aliphatic heterocycles. The van der Waals surface area contributed by atoms with Crippen LogP contribution in [0.2, 0.25) is 0 Å². The van der Waals surface area contributed by atoms with Crippen LogP contribution in [0.3, 0.4) is 0 Å². The number of fused-ring (bicyclic) bond motifs is 2. The van der Waals surface area contributed by atoms with Crippen molar-refractivity contribution in [3.8, 4) is 11.5 Å². The number of rotatable bonds is 4. The number of benzene rings is 2. The summed E-state index contributed by atoms with van der Waals surface area (Å²) in [5.41, 5.74) is 3.79. The third-order valence-corrected chi connectivity index (χ3v) is 5.82. The molecule has 2 saturated heterocycles. The van der Waals surface area contributed by atoms with Crippen molar-refractivity contribution in [1.29, 1.82) is 0 Å². The Morgan fingerprint density at radius 3 is 1.54 bits per heavy atom. The summed E-state index contributed by atoms with van der Waals surface area (Å²) in [6, 6.07) is 16.0. The highest BCUT2D eigenvalue weighted by Gasteiger charge is 2.44. The predicted octanol–water partition coefficient (Wildman–Crippen LogP) is 4.22. The molecule has 0 N–H and O–H groups in total. The first-order valence-corrected chi connectivity index (χ1v) is 9.58. The second-order valence-corrected chi connectivity index (χ2v) is 7.35. The number of carbonyl (C=O) groups excluding carboxylic acids is 1. The maximum atomic E-state index is 13.4. The van der Waals surface area contributed by atoms with Crippen LogP contribution in [0.4, 0.5) is 0 Å². The molecular weight excluding hydrogens is 350 g/mol. The van der Waals surface area contributed by atoms with Crippen LogP contribution in [0.5, 0.6) is 11.5 Å². The molecule has 0 amide bonds. The molecule has 2 aromatic rings. The largest absolute Gasteiger partial charge is 0.497 e. The van der Waals surface area contributed by atoms with E-state index in [0.717, 1.165) is 46.6 Å². The lowest BCUT2D eigenvalue weighted by Gasteiger charge is -2.34. The minimum absolute atomic E-state index is 0.164. The number of piperidine rings is 1. The van der Waals surface area contributed by atoms with Gasteiger partial charge in [-0.2, -0.15) is 0 Å². The van der Waals surface area contributed by atoms with Crippen molar-refractivity contribution in [3.05, 3.63) is 70.8 Å². The van der Waals surface area contributed by atoms with Gasteiger partial charge < -0.3 is 9.47 Å². The number of carbonyl (C=O) groups is 1. The van der Waals surface area contributed by atoms with Crippen molar-refractivity contribution in [2.75, 3.05) is 21.3 Å². The van der Waals surface area contributed by atoms with Crippen LogP contribution >= 0.6 is 0 Å². The third-order valence-electron chi connectivity index (χ3n) is 5.82. The third kappa shape index (κ3) is 3.36. The van der Waals surface area contributed by atoms with Gasteiger partial charge in [0, 0.05) is 23.2 Å². The molecule has 2 atom stereocenters. The van der Waals surface area contributed by atoms with Gasteiger partial charge in [0.15, 0.2) is 5.78 Å². The molecule has 2 aromatic carbocycles. The Labute approximate surface area is 166 Å². The highest BCUT2D eigenvalue weighted by Crippen LogP contribution is 2.40. The zero-order valence-electron chi connectivity index (χ0n) is 16.5. The molecule has 4 heteroatoms. The van der Waals surface area contributed by atoms with Crippen molar-refractivity contribution in [2.45, 2.75) is 24.9 Å². The number of nitrogens with zero attached hydrogens (tertiary/aromatic N) is 1. The first kappa shape index (κ1) is 18.5. The van der Waals surface area contributed by atoms with E-state index in [0.29, 0.717) is 0 Å². The zero-order chi connectivity index (χ0) is 19.7. The van der Waals surface area contributed by atoms with E-state index >= 15 is 0 Å². The summed E-state index contributed by atoms with van der Waals surface area (Å²) in [5.74, 6) is 1.79. The Kier molecular flexibility index (Phi) is 5.05. The van der Waals surface area contributed by atoms with Crippen molar-refractivity contribution in [1.82, 2.24) is 4.90 Å². The Morgan fingerprint density at radius 2 is 1.18 bits per heavy atom. The van der Waals surface area contributed by atoms with Gasteiger partial charge in [-0.15, -0.1) is 0 Å². The van der Waals surface area contributed by atoms with Crippen LogP contribution in [0.15, 0.2) is 59.7 Å². The molecule has 2 bridgehead atoms. The van der Waals surface area contributed by atoms with Gasteiger partial charge in [-0.05, 0) is 67.4 Å². The summed E-state index contributed by atoms with van der Waals surface area (Å²) in [5, 5.41) is 0. The van der Waals surface area contributed by atoms with Crippen LogP contribution in [-0.4, -0.2) is 44.0 Å². The summed E-state index contributed by atoms with van der Waals surface area (Å²) in [6.45, 7) is 0. The van der Waals surface area contributed by atoms with Gasteiger partial charge in [0.2, 0.25) is 0 Å². The van der Waals surface area contributed by atoms with Crippen LogP contribution in [-0.2, 0) is 4.79 Å². The molecule has 0 aromatic heterocycles. The fourth-order valence-electron chi connectivity index (χ4n) is 4.24. The number of ether oxygens (including phenoxy) is 2. The van der Waals surface area contributed by atoms with E-state index < -0.39 is 0 Å². The summed E-state index contributed by atoms with van der Waals surface area (Å²) in [6.07, 6.45) is 6.09. The number of hydrogen-bond donors (Lipinski definition) is 0. The zero-order valence-corrected chi connectivity index (χ0v) is 16.5. The van der Waals surface area contributed by atoms with E-state index in [1.54, 1.807) is 14.2 Å². The minimum atomic E-state index is 0.164. The molecule has 0 spiro atoms. The number of methoxy groups -OCH3 is 2. The molecule has 0 saturated carbocycles. The molecule has 4 rings (SSSR count). The average Bonchev–Trinajstić information content (AvgIpc) is 3.04. The number of Topliss-reactive ketones (excluding diaryl/α,β-unsaturated/α-hetero) is 1. The molecule has 2 fully saturated rings. The Hall–Kier alpha value is -2.85. The highest BCUT2D eigenvalue weighted by molar-refractivity contribution is 6.16. The van der Waals surface area contributed by atoms with Crippen molar-refractivity contribution >= 4 is 17.9 Å². The monoisotopic (exact) mass is 375 g/mol. The van der Waals surface area contributed by atoms with Gasteiger partial charge in [-0.1, -0.05) is 24.3 Å². The Balaban J connectivity index is 1.70. The van der Waals surface area contributed by atoms with Crippen LogP contribution in [0, 0.1) is 0 Å². The van der Waals surface area contributed by atoms with Crippen LogP contribution in [0.25, 0.3) is 12.2 Å². The maximum Gasteiger partial charge on any atom is 0.188 e. The van der Waals surface area contributed by atoms with Gasteiger partial charge in [0.1, 0.15) is 11.5 Å². The summed E-state index contributed by atoms with van der Waals surface area (Å²) in [7, 11) is 5.43. The highest BCUT2D eigenvalue weighted by atomic mass is 16.5. The van der Waals surface area contributed by atoms with Gasteiger partial charge in [-0.25, -0.2) is 0 Å². The lowest BCUT2D eigenvalue weighted by atomic mass is 9.88. The van der Waals surface area contributed by atoms with E-state index in [1.165, 1.54) is 0 Å². The molecule has 144 valence electrons. The van der Waals surface area contributed by atoms with Crippen molar-refractivity contribution in [2.24, 2.45) is 0 Å². The number of hydrogen-bond acceptors (Lipinski definition) is 4. The molecular formula is C24H25NO3. The molecule has 0 aliphatic carbocycles. The van der Waals surface area contributed by atoms with Gasteiger partial charge >= 0.3 is 0 Å². The molecule has 4 nitrogen and oxygen atoms in total. The van der Waals surface area contributed by atoms with Gasteiger partial charge in [-0.3, -0.25) is 9.69 Å². The second-order valence-electron chi connectivity index (χ2n) is 7.35. The predicted molar refractivity (Wildman–Crippen MR) is 112 cm³/mol. The first-order valence-electron chi connectivity index (χ1n) is 9.58. The minimum Gasteiger partial charge on any atom is -0.497 e. The topological polar surface area (TPSA) is 38.8 Å². The van der Waals surface area contributed by atoms with E-state index in [9.17, 15) is 4.79 Å². The molecule has 2 heterocycles. The second kappa shape index (κ2) is 7.64. The lowest BCUT2D eigenvalue weighted by Crippen LogP contribution is -2.43. The van der Waals surface area contributed by atoms with Gasteiger partial charge in [0.05, 0.1) is 14.2 Å². The molecule has 2 aliphatic rings. The first-order chi connectivity index (χ1) is 13.6. The Bertz CT molecular complexity index is 850. The standard InChI is InChI=1S/C24H25NO3/c1-25-22-12-13-23(25)21(15-17-6-10-19(28-3)11-7-17)24(26)20(22)14-16-4-8-18(27-2)9-5-16/h4-11,14-15,22-23H,12-13H2,1-3H3. The van der Waals surface area contributed by atoms with Crippen LogP contribution < -0.4 is 9.47 Å². The molecule has 28 heavy (non-hydrogen) atoms. The average molecular weight is 375 g/mol. The van der Waals surface area contributed by atoms with Crippen molar-refractivity contribution < 1.29 is 14.3 Å². The fourth-order valence-corrected chi connectivity index (χ4v) is 4.24. The Morgan fingerprint density at radius 1 is 0.786 bits per heavy atom. The molecule has 2 unspecified atom stereocenters. The van der Waals surface area contributed by atoms with E-state index in [2.05, 4.69) is 11.9 Å². The van der Waals surface area contributed by atoms with Crippen LogP contribution in [0.1, 0.15) is 24.0 Å². The quantitative estimate of drug-likeness (QED) is 0.750. The maximum absolute atomic E-state index is 13.4. The smallest absolute Gasteiger partial charge is 0.188 e. The van der Waals surface area contributed by atoms with Crippen molar-refractivity contribution in [3.63, 3.8) is 0 Å². The molecule has 0 radical (unpaired) electrons. The summed E-state index contributed by atoms with van der Waals surface area (Å²) < 4.78 is 10.5.